The van der Waals surface area contributed by atoms with Crippen molar-refractivity contribution in [2.75, 3.05) is 6.61 Å². The molecule has 0 spiro atoms. The number of esters is 1. The number of allylic oxidation sites excluding steroid dienone is 3. The van der Waals surface area contributed by atoms with Gasteiger partial charge in [-0.25, -0.2) is 9.84 Å². The van der Waals surface area contributed by atoms with Crippen LogP contribution in [0.15, 0.2) is 48.7 Å². The summed E-state index contributed by atoms with van der Waals surface area (Å²) >= 11 is 0. The first kappa shape index (κ1) is 71.9. The zero-order valence-corrected chi connectivity index (χ0v) is 36.3. The largest absolute Gasteiger partial charge is 0.471 e. The van der Waals surface area contributed by atoms with E-state index in [0.29, 0.717) is 37.2 Å². The van der Waals surface area contributed by atoms with Gasteiger partial charge in [0.15, 0.2) is 11.6 Å². The highest BCUT2D eigenvalue weighted by Gasteiger charge is 2.10. The second-order valence-corrected chi connectivity index (χ2v) is 13.4. The first-order chi connectivity index (χ1) is 24.2. The average Bonchev–Trinajstić information content (AvgIpc) is 3.06. The Bertz CT molecular complexity index is 1210. The summed E-state index contributed by atoms with van der Waals surface area (Å²) in [5, 5.41) is 0. The van der Waals surface area contributed by atoms with Gasteiger partial charge in [0, 0.05) is 36.5 Å². The first-order valence-electron chi connectivity index (χ1n) is 18.1. The lowest BCUT2D eigenvalue weighted by atomic mass is 10.1. The molecule has 0 aliphatic rings. The van der Waals surface area contributed by atoms with Gasteiger partial charge in [-0.3, -0.25) is 28.8 Å². The van der Waals surface area contributed by atoms with Crippen LogP contribution >= 0.6 is 0 Å². The highest BCUT2D eigenvalue weighted by atomic mass is 16.5. The molecule has 9 heteroatoms. The molecule has 0 aliphatic heterocycles. The van der Waals surface area contributed by atoms with Crippen molar-refractivity contribution >= 4 is 40.8 Å². The monoisotopic (exact) mass is 775 g/mol. The van der Waals surface area contributed by atoms with Crippen molar-refractivity contribution < 1.29 is 33.5 Å². The zero-order chi connectivity index (χ0) is 43.9. The minimum atomic E-state index is -0.527. The SMILES string of the molecule is C.C.C#CC(=O)C(C)C.C=C=NC(C)C.C=CC(=O)C(C)C.C=CC(=O)CC(C)C.CC(=O)C(C)C.CCC(=O)C(C)C.[C-]#[N+]/C(=C\C(C)C)C(=O)OCC. The highest BCUT2D eigenvalue weighted by molar-refractivity contribution is 5.96. The maximum Gasteiger partial charge on any atom is 0.335 e. The van der Waals surface area contributed by atoms with Crippen LogP contribution < -0.4 is 0 Å². The van der Waals surface area contributed by atoms with E-state index in [4.69, 9.17) is 13.0 Å². The lowest BCUT2D eigenvalue weighted by Crippen LogP contribution is -2.05. The van der Waals surface area contributed by atoms with Crippen molar-refractivity contribution in [3.8, 4) is 12.3 Å². The number of ether oxygens (including phenoxy) is 1. The second-order valence-electron chi connectivity index (χ2n) is 13.4. The Kier molecular flexibility index (Phi) is 64.7. The molecule has 9 nitrogen and oxygen atoms in total. The van der Waals surface area contributed by atoms with Crippen molar-refractivity contribution in [3.05, 3.63) is 55.1 Å². The van der Waals surface area contributed by atoms with Crippen molar-refractivity contribution in [1.29, 1.82) is 0 Å². The van der Waals surface area contributed by atoms with Crippen molar-refractivity contribution in [2.45, 2.75) is 151 Å². The molecule has 0 atom stereocenters. The standard InChI is InChI=1S/C9H13NO2.C7H12O.C6H12O.C6H10O.C6H8O.C5H9N.C5H10O.2CH4/c1-5-12-9(11)8(10-4)6-7(2)3;1-4-7(8)5-6(2)3;3*1-4-6(7)5(2)3;1-4-6-5(2)3;1-4(2)5(3)6;;/h6-7H,5H2,1-3H3;4,6H,1,5H2,2-3H3;5H,4H2,1-3H3;4-5H,1H2,2-3H3;1,5H,2-3H3;5H,1H2,2-3H3;4H,1-3H3;2*1H4/b8-6-;;;;;;;;. The molecule has 0 aromatic carbocycles. The third-order valence-corrected chi connectivity index (χ3v) is 5.53. The van der Waals surface area contributed by atoms with E-state index >= 15 is 0 Å². The molecule has 0 aromatic heterocycles. The number of aliphatic imine (C=N–C) groups is 1. The number of carbonyl (C=O) groups excluding carboxylic acids is 6. The summed E-state index contributed by atoms with van der Waals surface area (Å²) in [4.78, 5) is 69.7. The summed E-state index contributed by atoms with van der Waals surface area (Å²) < 4.78 is 4.67. The number of terminal acetylenes is 1. The Morgan fingerprint density at radius 2 is 1.22 bits per heavy atom. The minimum Gasteiger partial charge on any atom is -0.471 e. The smallest absolute Gasteiger partial charge is 0.335 e. The van der Waals surface area contributed by atoms with Gasteiger partial charge in [0.05, 0.1) is 19.2 Å². The number of ketones is 5. The number of hydrogen-bond acceptors (Lipinski definition) is 8. The van der Waals surface area contributed by atoms with Crippen LogP contribution in [0.3, 0.4) is 0 Å². The summed E-state index contributed by atoms with van der Waals surface area (Å²) in [6, 6.07) is 0.350. The Labute approximate surface area is 339 Å². The van der Waals surface area contributed by atoms with E-state index in [0.717, 1.165) is 0 Å². The molecule has 0 aromatic rings. The fourth-order valence-electron chi connectivity index (χ4n) is 2.15. The summed E-state index contributed by atoms with van der Waals surface area (Å²) in [6.07, 6.45) is 10.4. The van der Waals surface area contributed by atoms with Gasteiger partial charge in [-0.05, 0) is 70.1 Å². The second kappa shape index (κ2) is 49.5. The average molecular weight is 775 g/mol. The maximum absolute atomic E-state index is 11.0. The quantitative estimate of drug-likeness (QED) is 0.0455. The van der Waals surface area contributed by atoms with Crippen LogP contribution in [0.1, 0.15) is 145 Å². The molecular weight excluding hydrogens is 693 g/mol. The van der Waals surface area contributed by atoms with E-state index < -0.39 is 5.97 Å². The van der Waals surface area contributed by atoms with Gasteiger partial charge in [0.2, 0.25) is 5.78 Å². The van der Waals surface area contributed by atoms with Gasteiger partial charge in [0.25, 0.3) is 5.70 Å². The molecule has 0 aliphatic carbocycles. The number of nitrogens with zero attached hydrogens (tertiary/aromatic N) is 2. The third-order valence-electron chi connectivity index (χ3n) is 5.53. The number of Topliss-reactive ketones (excluding diaryl/α,β-unsaturated/α-hetero) is 3. The molecule has 0 heterocycles. The van der Waals surface area contributed by atoms with E-state index in [1.807, 2.05) is 95.9 Å². The lowest BCUT2D eigenvalue weighted by molar-refractivity contribution is -0.138. The van der Waals surface area contributed by atoms with Crippen LogP contribution in [0.25, 0.3) is 4.85 Å². The molecule has 0 saturated heterocycles. The van der Waals surface area contributed by atoms with Gasteiger partial charge in [-0.2, -0.15) is 0 Å². The first-order valence-corrected chi connectivity index (χ1v) is 18.1. The molecule has 0 radical (unpaired) electrons. The number of rotatable bonds is 13. The summed E-state index contributed by atoms with van der Waals surface area (Å²) in [5.41, 5.74) is 0.0758. The topological polar surface area (TPSA) is 128 Å². The summed E-state index contributed by atoms with van der Waals surface area (Å²) in [6.45, 7) is 48.9. The van der Waals surface area contributed by atoms with Crippen molar-refractivity contribution in [1.82, 2.24) is 0 Å². The van der Waals surface area contributed by atoms with E-state index in [9.17, 15) is 28.8 Å². The predicted molar refractivity (Wildman–Crippen MR) is 237 cm³/mol. The molecule has 55 heavy (non-hydrogen) atoms. The van der Waals surface area contributed by atoms with E-state index in [1.54, 1.807) is 33.8 Å². The van der Waals surface area contributed by atoms with Gasteiger partial charge in [-0.1, -0.05) is 124 Å². The van der Waals surface area contributed by atoms with Gasteiger partial charge in [0.1, 0.15) is 11.6 Å². The summed E-state index contributed by atoms with van der Waals surface area (Å²) in [5.74, 6) is 5.86. The fraction of sp³-hybridized carbons (Fsp3) is 0.630. The zero-order valence-electron chi connectivity index (χ0n) is 36.3. The molecule has 0 fully saturated rings. The van der Waals surface area contributed by atoms with Gasteiger partial charge in [-0.15, -0.1) is 6.42 Å². The maximum atomic E-state index is 11.0. The van der Waals surface area contributed by atoms with Gasteiger partial charge >= 0.3 is 5.97 Å². The van der Waals surface area contributed by atoms with Crippen molar-refractivity contribution in [2.24, 2.45) is 40.5 Å². The van der Waals surface area contributed by atoms with Crippen LogP contribution in [0.5, 0.6) is 0 Å². The number of carbonyl (C=O) groups is 6. The van der Waals surface area contributed by atoms with E-state index in [1.165, 1.54) is 12.2 Å². The predicted octanol–water partition coefficient (Wildman–Crippen LogP) is 11.4. The van der Waals surface area contributed by atoms with Crippen LogP contribution in [0.2, 0.25) is 0 Å². The van der Waals surface area contributed by atoms with E-state index in [2.05, 4.69) is 40.2 Å². The van der Waals surface area contributed by atoms with Crippen LogP contribution in [-0.2, 0) is 33.5 Å². The Morgan fingerprint density at radius 1 is 0.782 bits per heavy atom. The van der Waals surface area contributed by atoms with Crippen molar-refractivity contribution in [3.63, 3.8) is 0 Å². The van der Waals surface area contributed by atoms with Crippen LogP contribution in [0.4, 0.5) is 0 Å². The highest BCUT2D eigenvalue weighted by Crippen LogP contribution is 2.05. The fourth-order valence-corrected chi connectivity index (χ4v) is 2.15. The van der Waals surface area contributed by atoms with Crippen LogP contribution in [-0.4, -0.2) is 53.4 Å². The minimum absolute atomic E-state index is 0. The lowest BCUT2D eigenvalue weighted by Gasteiger charge is -2.00. The molecule has 0 saturated carbocycles. The molecule has 0 unspecified atom stereocenters. The Balaban J connectivity index is -0.0000000647. The molecule has 0 rings (SSSR count). The van der Waals surface area contributed by atoms with E-state index in [-0.39, 0.29) is 73.3 Å². The van der Waals surface area contributed by atoms with Crippen LogP contribution in [0, 0.1) is 54.4 Å². The molecule has 0 bridgehead atoms. The molecular formula is C46H82N2O7. The van der Waals surface area contributed by atoms with Gasteiger partial charge < -0.3 is 4.74 Å². The Morgan fingerprint density at radius 3 is 1.31 bits per heavy atom. The molecule has 0 amide bonds. The Hall–Kier alpha value is -4.46. The number of hydrogen-bond donors (Lipinski definition) is 0. The molecule has 0 N–H and O–H groups in total. The third kappa shape index (κ3) is 71.6. The molecule has 318 valence electrons. The normalized spacial score (nSPS) is 9.09. The summed E-state index contributed by atoms with van der Waals surface area (Å²) in [7, 11) is 0.